The molecule has 2 aromatic heterocycles. The summed E-state index contributed by atoms with van der Waals surface area (Å²) >= 11 is 5.90. The lowest BCUT2D eigenvalue weighted by Crippen LogP contribution is -2.29. The molecule has 2 atom stereocenters. The van der Waals surface area contributed by atoms with Crippen LogP contribution in [0.15, 0.2) is 85.1 Å². The van der Waals surface area contributed by atoms with E-state index in [2.05, 4.69) is 71.7 Å². The zero-order valence-corrected chi connectivity index (χ0v) is 21.3. The Balaban J connectivity index is 1.55. The van der Waals surface area contributed by atoms with Crippen molar-refractivity contribution in [3.8, 4) is 11.5 Å². The maximum atomic E-state index is 6.01. The van der Waals surface area contributed by atoms with E-state index in [9.17, 15) is 0 Å². The molecule has 4 aromatic rings. The lowest BCUT2D eigenvalue weighted by molar-refractivity contribution is 0.482. The van der Waals surface area contributed by atoms with Crippen LogP contribution in [0.5, 0.6) is 11.5 Å². The van der Waals surface area contributed by atoms with E-state index in [0.717, 1.165) is 22.9 Å². The van der Waals surface area contributed by atoms with Crippen LogP contribution >= 0.6 is 12.2 Å². The average Bonchev–Trinajstić information content (AvgIpc) is 3.36. The van der Waals surface area contributed by atoms with E-state index in [1.165, 1.54) is 17.0 Å². The minimum atomic E-state index is -0.0648. The fourth-order valence-corrected chi connectivity index (χ4v) is 5.49. The van der Waals surface area contributed by atoms with E-state index >= 15 is 0 Å². The predicted molar refractivity (Wildman–Crippen MR) is 145 cm³/mol. The van der Waals surface area contributed by atoms with Gasteiger partial charge in [0.2, 0.25) is 0 Å². The molecular weight excluding hydrogens is 452 g/mol. The SMILES string of the molecule is Cc1cc([C@@H]2[C@H](c3ccccn3)NC(=S)N2c2ccc(Oc3ccccc3)cc2)c(C)n1C(C)C. The summed E-state index contributed by atoms with van der Waals surface area (Å²) < 4.78 is 8.40. The molecule has 1 N–H and O–H groups in total. The van der Waals surface area contributed by atoms with Gasteiger partial charge in [-0.2, -0.15) is 0 Å². The molecule has 1 aliphatic rings. The summed E-state index contributed by atoms with van der Waals surface area (Å²) in [5.74, 6) is 1.60. The van der Waals surface area contributed by atoms with Crippen LogP contribution < -0.4 is 15.0 Å². The number of hydrogen-bond acceptors (Lipinski definition) is 3. The molecular formula is C29H30N4OS. The second kappa shape index (κ2) is 9.55. The van der Waals surface area contributed by atoms with Crippen LogP contribution in [0.25, 0.3) is 0 Å². The van der Waals surface area contributed by atoms with Crippen LogP contribution in [-0.4, -0.2) is 14.7 Å². The van der Waals surface area contributed by atoms with Gasteiger partial charge in [-0.25, -0.2) is 0 Å². The highest BCUT2D eigenvalue weighted by Gasteiger charge is 2.42. The lowest BCUT2D eigenvalue weighted by Gasteiger charge is -2.28. The molecule has 5 rings (SSSR count). The van der Waals surface area contributed by atoms with Gasteiger partial charge in [-0.15, -0.1) is 0 Å². The van der Waals surface area contributed by atoms with Crippen LogP contribution in [0.2, 0.25) is 0 Å². The average molecular weight is 483 g/mol. The highest BCUT2D eigenvalue weighted by atomic mass is 32.1. The Bertz CT molecular complexity index is 1320. The van der Waals surface area contributed by atoms with E-state index in [0.29, 0.717) is 11.2 Å². The fourth-order valence-electron chi connectivity index (χ4n) is 5.15. The number of aromatic nitrogens is 2. The quantitative estimate of drug-likeness (QED) is 0.298. The lowest BCUT2D eigenvalue weighted by atomic mass is 9.96. The number of thiocarbonyl (C=S) groups is 1. The minimum absolute atomic E-state index is 0.0306. The Morgan fingerprint density at radius 1 is 0.914 bits per heavy atom. The Morgan fingerprint density at radius 3 is 2.23 bits per heavy atom. The number of para-hydroxylation sites is 1. The molecule has 1 fully saturated rings. The van der Waals surface area contributed by atoms with Crippen LogP contribution in [-0.2, 0) is 0 Å². The summed E-state index contributed by atoms with van der Waals surface area (Å²) in [6, 6.07) is 26.6. The first-order valence-corrected chi connectivity index (χ1v) is 12.4. The Kier molecular flexibility index (Phi) is 6.31. The number of aryl methyl sites for hydroxylation is 1. The molecule has 0 unspecified atom stereocenters. The largest absolute Gasteiger partial charge is 0.457 e. The van der Waals surface area contributed by atoms with Crippen molar-refractivity contribution in [2.75, 3.05) is 4.90 Å². The topological polar surface area (TPSA) is 42.3 Å². The Hall–Kier alpha value is -3.64. The van der Waals surface area contributed by atoms with Gasteiger partial charge in [-0.1, -0.05) is 24.3 Å². The maximum absolute atomic E-state index is 6.01. The minimum Gasteiger partial charge on any atom is -0.457 e. The number of nitrogens with one attached hydrogen (secondary N) is 1. The second-order valence-electron chi connectivity index (χ2n) is 9.20. The Labute approximate surface area is 212 Å². The van der Waals surface area contributed by atoms with Gasteiger partial charge >= 0.3 is 0 Å². The van der Waals surface area contributed by atoms with Gasteiger partial charge in [0, 0.05) is 29.3 Å². The summed E-state index contributed by atoms with van der Waals surface area (Å²) in [5, 5.41) is 4.25. The van der Waals surface area contributed by atoms with Crippen LogP contribution in [0.1, 0.15) is 54.6 Å². The molecule has 0 amide bonds. The normalized spacial score (nSPS) is 17.6. The number of benzene rings is 2. The highest BCUT2D eigenvalue weighted by molar-refractivity contribution is 7.80. The molecule has 3 heterocycles. The van der Waals surface area contributed by atoms with Crippen molar-refractivity contribution in [2.24, 2.45) is 0 Å². The van der Waals surface area contributed by atoms with Gasteiger partial charge in [0.15, 0.2) is 5.11 Å². The smallest absolute Gasteiger partial charge is 0.174 e. The number of nitrogens with zero attached hydrogens (tertiary/aromatic N) is 3. The molecule has 1 aliphatic heterocycles. The van der Waals surface area contributed by atoms with Crippen molar-refractivity contribution in [2.45, 2.75) is 45.8 Å². The number of pyridine rings is 1. The molecule has 6 heteroatoms. The summed E-state index contributed by atoms with van der Waals surface area (Å²) in [5.41, 5.74) is 5.74. The van der Waals surface area contributed by atoms with E-state index in [1.54, 1.807) is 0 Å². The predicted octanol–water partition coefficient (Wildman–Crippen LogP) is 7.05. The Morgan fingerprint density at radius 2 is 1.60 bits per heavy atom. The summed E-state index contributed by atoms with van der Waals surface area (Å²) in [7, 11) is 0. The molecule has 0 spiro atoms. The van der Waals surface area contributed by atoms with Crippen molar-refractivity contribution < 1.29 is 4.74 Å². The zero-order chi connectivity index (χ0) is 24.5. The van der Waals surface area contributed by atoms with E-state index in [-0.39, 0.29) is 12.1 Å². The number of hydrogen-bond donors (Lipinski definition) is 1. The summed E-state index contributed by atoms with van der Waals surface area (Å²) in [6.45, 7) is 8.82. The first-order valence-electron chi connectivity index (χ1n) is 12.0. The third-order valence-electron chi connectivity index (χ3n) is 6.55. The fraction of sp³-hybridized carbons (Fsp3) is 0.241. The molecule has 0 aliphatic carbocycles. The standard InChI is InChI=1S/C29H30N4OS/c1-19(2)32-20(3)18-25(21(32)4)28-27(26-12-8-9-17-30-26)31-29(35)33(28)22-13-15-24(16-14-22)34-23-10-6-5-7-11-23/h5-19,27-28H,1-4H3,(H,31,35)/t27-,28+/m0/s1. The number of rotatable bonds is 6. The number of anilines is 1. The first-order chi connectivity index (χ1) is 16.9. The highest BCUT2D eigenvalue weighted by Crippen LogP contribution is 2.44. The van der Waals surface area contributed by atoms with Gasteiger partial charge in [-0.05, 0) is 100 Å². The molecule has 178 valence electrons. The van der Waals surface area contributed by atoms with Crippen molar-refractivity contribution in [1.29, 1.82) is 0 Å². The van der Waals surface area contributed by atoms with Gasteiger partial charge in [0.25, 0.3) is 0 Å². The van der Waals surface area contributed by atoms with Gasteiger partial charge in [0.05, 0.1) is 17.8 Å². The van der Waals surface area contributed by atoms with Crippen molar-refractivity contribution in [3.05, 3.63) is 108 Å². The molecule has 0 radical (unpaired) electrons. The van der Waals surface area contributed by atoms with Crippen LogP contribution in [0, 0.1) is 13.8 Å². The molecule has 0 bridgehead atoms. The zero-order valence-electron chi connectivity index (χ0n) is 20.5. The molecule has 0 saturated carbocycles. The molecule has 1 saturated heterocycles. The van der Waals surface area contributed by atoms with Gasteiger partial charge < -0.3 is 19.5 Å². The third-order valence-corrected chi connectivity index (χ3v) is 6.86. The molecule has 5 nitrogen and oxygen atoms in total. The molecule has 35 heavy (non-hydrogen) atoms. The number of ether oxygens (including phenoxy) is 1. The van der Waals surface area contributed by atoms with Crippen molar-refractivity contribution >= 4 is 23.0 Å². The van der Waals surface area contributed by atoms with Gasteiger partial charge in [-0.3, -0.25) is 4.98 Å². The monoisotopic (exact) mass is 482 g/mol. The first kappa shape index (κ1) is 23.1. The third kappa shape index (κ3) is 4.42. The van der Waals surface area contributed by atoms with Crippen molar-refractivity contribution in [1.82, 2.24) is 14.9 Å². The van der Waals surface area contributed by atoms with Crippen molar-refractivity contribution in [3.63, 3.8) is 0 Å². The van der Waals surface area contributed by atoms with E-state index in [1.807, 2.05) is 60.8 Å². The second-order valence-corrected chi connectivity index (χ2v) is 9.58. The maximum Gasteiger partial charge on any atom is 0.174 e. The van der Waals surface area contributed by atoms with E-state index < -0.39 is 0 Å². The summed E-state index contributed by atoms with van der Waals surface area (Å²) in [6.07, 6.45) is 1.84. The molecule has 2 aromatic carbocycles. The van der Waals surface area contributed by atoms with Gasteiger partial charge in [0.1, 0.15) is 11.5 Å². The van der Waals surface area contributed by atoms with Crippen LogP contribution in [0.4, 0.5) is 5.69 Å². The summed E-state index contributed by atoms with van der Waals surface area (Å²) in [4.78, 5) is 6.89. The van der Waals surface area contributed by atoms with Crippen LogP contribution in [0.3, 0.4) is 0 Å². The van der Waals surface area contributed by atoms with E-state index in [4.69, 9.17) is 17.0 Å².